The fourth-order valence-electron chi connectivity index (χ4n) is 1.24. The molecule has 80 valence electrons. The van der Waals surface area contributed by atoms with E-state index in [4.69, 9.17) is 0 Å². The monoisotopic (exact) mass is 213 g/mol. The van der Waals surface area contributed by atoms with Crippen molar-refractivity contribution in [2.24, 2.45) is 0 Å². The van der Waals surface area contributed by atoms with Crippen molar-refractivity contribution in [2.75, 3.05) is 5.32 Å². The Labute approximate surface area is 93.4 Å². The number of carbonyl (C=O) groups excluding carboxylic acids is 1. The highest BCUT2D eigenvalue weighted by Crippen LogP contribution is 2.04. The van der Waals surface area contributed by atoms with Crippen molar-refractivity contribution >= 4 is 11.7 Å². The van der Waals surface area contributed by atoms with Crippen LogP contribution in [0.15, 0.2) is 42.7 Å². The van der Waals surface area contributed by atoms with Gasteiger partial charge in [0.15, 0.2) is 5.82 Å². The summed E-state index contributed by atoms with van der Waals surface area (Å²) in [5.74, 6) is 0.276. The van der Waals surface area contributed by atoms with Crippen LogP contribution < -0.4 is 5.32 Å². The zero-order valence-electron chi connectivity index (χ0n) is 8.84. The molecular weight excluding hydrogens is 202 g/mol. The molecule has 4 heteroatoms. The number of rotatable bonds is 2. The van der Waals surface area contributed by atoms with Gasteiger partial charge in [-0.05, 0) is 19.1 Å². The molecule has 1 heterocycles. The minimum Gasteiger partial charge on any atom is -0.305 e. The Bertz CT molecular complexity index is 479. The second-order valence-corrected chi connectivity index (χ2v) is 3.36. The minimum absolute atomic E-state index is 0.182. The van der Waals surface area contributed by atoms with Crippen LogP contribution in [-0.2, 0) is 0 Å². The number of aromatic nitrogens is 2. The number of carbonyl (C=O) groups is 1. The van der Waals surface area contributed by atoms with Gasteiger partial charge in [-0.15, -0.1) is 0 Å². The number of nitrogens with one attached hydrogen (secondary N) is 1. The van der Waals surface area contributed by atoms with Crippen LogP contribution in [0.2, 0.25) is 0 Å². The maximum Gasteiger partial charge on any atom is 0.256 e. The SMILES string of the molecule is Cc1cnc(NC(=O)c2ccccc2)cn1. The van der Waals surface area contributed by atoms with Gasteiger partial charge in [-0.25, -0.2) is 4.98 Å². The Morgan fingerprint density at radius 3 is 2.50 bits per heavy atom. The van der Waals surface area contributed by atoms with E-state index in [9.17, 15) is 4.79 Å². The normalized spacial score (nSPS) is 9.81. The van der Waals surface area contributed by atoms with Gasteiger partial charge in [-0.3, -0.25) is 9.78 Å². The van der Waals surface area contributed by atoms with Crippen LogP contribution in [-0.4, -0.2) is 15.9 Å². The van der Waals surface area contributed by atoms with Crippen LogP contribution in [0.1, 0.15) is 16.1 Å². The molecule has 0 aliphatic heterocycles. The van der Waals surface area contributed by atoms with E-state index < -0.39 is 0 Å². The van der Waals surface area contributed by atoms with Crippen molar-refractivity contribution in [3.8, 4) is 0 Å². The van der Waals surface area contributed by atoms with Gasteiger partial charge in [0.1, 0.15) is 0 Å². The van der Waals surface area contributed by atoms with Gasteiger partial charge in [0.05, 0.1) is 18.1 Å². The molecule has 1 amide bonds. The largest absolute Gasteiger partial charge is 0.305 e. The first-order valence-corrected chi connectivity index (χ1v) is 4.91. The van der Waals surface area contributed by atoms with Crippen molar-refractivity contribution in [1.82, 2.24) is 9.97 Å². The molecule has 0 aliphatic carbocycles. The molecule has 0 spiro atoms. The molecule has 0 aliphatic rings. The predicted octanol–water partition coefficient (Wildman–Crippen LogP) is 2.04. The van der Waals surface area contributed by atoms with Crippen LogP contribution >= 0.6 is 0 Å². The number of hydrogen-bond acceptors (Lipinski definition) is 3. The van der Waals surface area contributed by atoms with E-state index in [-0.39, 0.29) is 5.91 Å². The number of hydrogen-bond donors (Lipinski definition) is 1. The highest BCUT2D eigenvalue weighted by atomic mass is 16.1. The lowest BCUT2D eigenvalue weighted by molar-refractivity contribution is 0.102. The third kappa shape index (κ3) is 2.42. The second-order valence-electron chi connectivity index (χ2n) is 3.36. The fraction of sp³-hybridized carbons (Fsp3) is 0.0833. The molecule has 0 unspecified atom stereocenters. The zero-order chi connectivity index (χ0) is 11.4. The molecule has 1 aromatic heterocycles. The first-order valence-electron chi connectivity index (χ1n) is 4.91. The van der Waals surface area contributed by atoms with E-state index in [1.807, 2.05) is 25.1 Å². The maximum atomic E-state index is 11.7. The molecule has 2 rings (SSSR count). The lowest BCUT2D eigenvalue weighted by Crippen LogP contribution is -2.12. The van der Waals surface area contributed by atoms with Crippen LogP contribution in [0, 0.1) is 6.92 Å². The van der Waals surface area contributed by atoms with E-state index >= 15 is 0 Å². The summed E-state index contributed by atoms with van der Waals surface area (Å²) in [6.45, 7) is 1.84. The van der Waals surface area contributed by atoms with Gasteiger partial charge in [-0.2, -0.15) is 0 Å². The Kier molecular flexibility index (Phi) is 2.91. The summed E-state index contributed by atoms with van der Waals surface area (Å²) in [6, 6.07) is 8.99. The maximum absolute atomic E-state index is 11.7. The van der Waals surface area contributed by atoms with Crippen molar-refractivity contribution in [3.05, 3.63) is 54.0 Å². The molecule has 1 N–H and O–H groups in total. The van der Waals surface area contributed by atoms with Crippen molar-refractivity contribution in [1.29, 1.82) is 0 Å². The highest BCUT2D eigenvalue weighted by molar-refractivity contribution is 6.03. The minimum atomic E-state index is -0.182. The lowest BCUT2D eigenvalue weighted by atomic mass is 10.2. The van der Waals surface area contributed by atoms with E-state index in [0.29, 0.717) is 11.4 Å². The van der Waals surface area contributed by atoms with E-state index in [1.165, 1.54) is 6.20 Å². The van der Waals surface area contributed by atoms with Gasteiger partial charge in [0.2, 0.25) is 0 Å². The molecule has 0 saturated carbocycles. The van der Waals surface area contributed by atoms with Crippen molar-refractivity contribution < 1.29 is 4.79 Å². The fourth-order valence-corrected chi connectivity index (χ4v) is 1.24. The summed E-state index contributed by atoms with van der Waals surface area (Å²) in [4.78, 5) is 19.8. The first kappa shape index (κ1) is 10.3. The molecule has 1 aromatic carbocycles. The molecule has 0 bridgehead atoms. The molecule has 0 radical (unpaired) electrons. The standard InChI is InChI=1S/C12H11N3O/c1-9-7-14-11(8-13-9)15-12(16)10-5-3-2-4-6-10/h2-8H,1H3,(H,14,15,16). The van der Waals surface area contributed by atoms with E-state index in [2.05, 4.69) is 15.3 Å². The molecule has 4 nitrogen and oxygen atoms in total. The molecule has 0 atom stereocenters. The van der Waals surface area contributed by atoms with E-state index in [1.54, 1.807) is 18.3 Å². The summed E-state index contributed by atoms with van der Waals surface area (Å²) >= 11 is 0. The summed E-state index contributed by atoms with van der Waals surface area (Å²) in [7, 11) is 0. The lowest BCUT2D eigenvalue weighted by Gasteiger charge is -2.03. The molecule has 2 aromatic rings. The molecule has 0 saturated heterocycles. The smallest absolute Gasteiger partial charge is 0.256 e. The number of nitrogens with zero attached hydrogens (tertiary/aromatic N) is 2. The highest BCUT2D eigenvalue weighted by Gasteiger charge is 2.05. The summed E-state index contributed by atoms with van der Waals surface area (Å²) < 4.78 is 0. The van der Waals surface area contributed by atoms with Crippen LogP contribution in [0.5, 0.6) is 0 Å². The third-order valence-corrected chi connectivity index (χ3v) is 2.06. The Morgan fingerprint density at radius 2 is 1.88 bits per heavy atom. The second kappa shape index (κ2) is 4.53. The number of benzene rings is 1. The topological polar surface area (TPSA) is 54.9 Å². The summed E-state index contributed by atoms with van der Waals surface area (Å²) in [5, 5.41) is 2.67. The third-order valence-electron chi connectivity index (χ3n) is 2.06. The summed E-state index contributed by atoms with van der Waals surface area (Å²) in [5.41, 5.74) is 1.42. The van der Waals surface area contributed by atoms with Crippen molar-refractivity contribution in [3.63, 3.8) is 0 Å². The average molecular weight is 213 g/mol. The van der Waals surface area contributed by atoms with Crippen LogP contribution in [0.4, 0.5) is 5.82 Å². The van der Waals surface area contributed by atoms with Gasteiger partial charge in [-0.1, -0.05) is 18.2 Å². The zero-order valence-corrected chi connectivity index (χ0v) is 8.84. The average Bonchev–Trinajstić information content (AvgIpc) is 2.33. The van der Waals surface area contributed by atoms with Gasteiger partial charge >= 0.3 is 0 Å². The Hall–Kier alpha value is -2.23. The molecule has 16 heavy (non-hydrogen) atoms. The Balaban J connectivity index is 2.11. The first-order chi connectivity index (χ1) is 7.75. The predicted molar refractivity (Wildman–Crippen MR) is 61.2 cm³/mol. The number of anilines is 1. The van der Waals surface area contributed by atoms with Gasteiger partial charge in [0.25, 0.3) is 5.91 Å². The van der Waals surface area contributed by atoms with Gasteiger partial charge < -0.3 is 5.32 Å². The Morgan fingerprint density at radius 1 is 1.12 bits per heavy atom. The quantitative estimate of drug-likeness (QED) is 0.830. The summed E-state index contributed by atoms with van der Waals surface area (Å²) in [6.07, 6.45) is 3.15. The van der Waals surface area contributed by atoms with Crippen LogP contribution in [0.25, 0.3) is 0 Å². The molecular formula is C12H11N3O. The van der Waals surface area contributed by atoms with E-state index in [0.717, 1.165) is 5.69 Å². The van der Waals surface area contributed by atoms with Crippen LogP contribution in [0.3, 0.4) is 0 Å². The van der Waals surface area contributed by atoms with Gasteiger partial charge in [0, 0.05) is 5.56 Å². The number of aryl methyl sites for hydroxylation is 1. The molecule has 0 fully saturated rings. The van der Waals surface area contributed by atoms with Crippen molar-refractivity contribution in [2.45, 2.75) is 6.92 Å². The number of amides is 1.